The third-order valence-electron chi connectivity index (χ3n) is 5.36. The second-order valence-corrected chi connectivity index (χ2v) is 8.91. The lowest BCUT2D eigenvalue weighted by atomic mass is 9.85. The number of rotatable bonds is 6. The predicted octanol–water partition coefficient (Wildman–Crippen LogP) is 0.970. The topological polar surface area (TPSA) is 117 Å². The number of halogens is 2. The molecule has 1 heterocycles. The molecule has 4 atom stereocenters. The van der Waals surface area contributed by atoms with Crippen molar-refractivity contribution < 1.29 is 23.2 Å². The Hall–Kier alpha value is -2.59. The second kappa shape index (κ2) is 9.69. The molecule has 0 aromatic heterocycles. The van der Waals surface area contributed by atoms with E-state index in [-0.39, 0.29) is 18.9 Å². The Bertz CT molecular complexity index is 823. The normalized spacial score (nSPS) is 20.8. The lowest BCUT2D eigenvalue weighted by Crippen LogP contribution is -2.59. The van der Waals surface area contributed by atoms with E-state index < -0.39 is 58.7 Å². The first-order valence-electron chi connectivity index (χ1n) is 10.1. The Morgan fingerprint density at radius 1 is 1.19 bits per heavy atom. The van der Waals surface area contributed by atoms with Gasteiger partial charge in [-0.2, -0.15) is 0 Å². The van der Waals surface area contributed by atoms with Gasteiger partial charge in [-0.25, -0.2) is 8.78 Å². The van der Waals surface area contributed by atoms with Crippen LogP contribution in [0.1, 0.15) is 34.1 Å². The van der Waals surface area contributed by atoms with E-state index in [1.807, 2.05) is 0 Å². The maximum Gasteiger partial charge on any atom is 0.247 e. The van der Waals surface area contributed by atoms with Crippen molar-refractivity contribution in [2.24, 2.45) is 11.1 Å². The zero-order chi connectivity index (χ0) is 23.5. The largest absolute Gasteiger partial charge is 0.342 e. The van der Waals surface area contributed by atoms with E-state index in [1.165, 1.54) is 11.0 Å². The summed E-state index contributed by atoms with van der Waals surface area (Å²) in [7, 11) is 1.62. The molecular formula is C21H31F2N5O3. The summed E-state index contributed by atoms with van der Waals surface area (Å²) in [5, 5.41) is 7.79. The summed E-state index contributed by atoms with van der Waals surface area (Å²) >= 11 is 0. The van der Waals surface area contributed by atoms with Crippen molar-refractivity contribution in [1.82, 2.24) is 15.5 Å². The van der Waals surface area contributed by atoms with Crippen molar-refractivity contribution in [1.29, 1.82) is 0 Å². The van der Waals surface area contributed by atoms with Gasteiger partial charge in [-0.15, -0.1) is 0 Å². The molecule has 0 aliphatic carbocycles. The number of carbonyl (C=O) groups excluding carboxylic acids is 3. The standard InChI is InChI=1S/C21H31F2N5O3/c1-11(25-5)18(29)27-17(21(2,3)4)20(31)28-10-12(24)9-15(28)19(30)26-16-13(22)7-6-8-14(16)23/h6-8,11-12,15,17,25H,9-10,24H2,1-5H3,(H,26,30)(H,27,29). The molecule has 5 N–H and O–H groups in total. The van der Waals surface area contributed by atoms with Crippen LogP contribution in [0.25, 0.3) is 0 Å². The van der Waals surface area contributed by atoms with E-state index in [4.69, 9.17) is 5.73 Å². The number of likely N-dealkylation sites (N-methyl/N-ethyl adjacent to an activating group) is 1. The van der Waals surface area contributed by atoms with Gasteiger partial charge in [0.15, 0.2) is 0 Å². The maximum absolute atomic E-state index is 14.0. The Balaban J connectivity index is 2.27. The summed E-state index contributed by atoms with van der Waals surface area (Å²) in [5.41, 5.74) is 4.76. The van der Waals surface area contributed by atoms with Gasteiger partial charge in [0.1, 0.15) is 29.4 Å². The van der Waals surface area contributed by atoms with Gasteiger partial charge in [0.2, 0.25) is 17.7 Å². The molecule has 2 rings (SSSR count). The van der Waals surface area contributed by atoms with E-state index in [9.17, 15) is 23.2 Å². The van der Waals surface area contributed by atoms with Crippen LogP contribution in [0.15, 0.2) is 18.2 Å². The fourth-order valence-corrected chi connectivity index (χ4v) is 3.40. The third-order valence-corrected chi connectivity index (χ3v) is 5.36. The number of carbonyl (C=O) groups is 3. The summed E-state index contributed by atoms with van der Waals surface area (Å²) in [6.45, 7) is 7.12. The zero-order valence-electron chi connectivity index (χ0n) is 18.5. The first-order chi connectivity index (χ1) is 14.4. The molecule has 172 valence electrons. The van der Waals surface area contributed by atoms with Crippen molar-refractivity contribution in [2.75, 3.05) is 18.9 Å². The Kier molecular flexibility index (Phi) is 7.72. The average molecular weight is 440 g/mol. The van der Waals surface area contributed by atoms with E-state index in [1.54, 1.807) is 34.7 Å². The summed E-state index contributed by atoms with van der Waals surface area (Å²) in [4.78, 5) is 39.9. The molecule has 10 heteroatoms. The van der Waals surface area contributed by atoms with Gasteiger partial charge < -0.3 is 26.6 Å². The minimum absolute atomic E-state index is 0.0840. The summed E-state index contributed by atoms with van der Waals surface area (Å²) < 4.78 is 27.9. The van der Waals surface area contributed by atoms with Crippen LogP contribution >= 0.6 is 0 Å². The first kappa shape index (κ1) is 24.7. The van der Waals surface area contributed by atoms with Crippen LogP contribution in [-0.4, -0.2) is 60.4 Å². The molecule has 31 heavy (non-hydrogen) atoms. The average Bonchev–Trinajstić information content (AvgIpc) is 3.08. The molecule has 1 saturated heterocycles. The monoisotopic (exact) mass is 439 g/mol. The van der Waals surface area contributed by atoms with Crippen LogP contribution in [0.3, 0.4) is 0 Å². The number of hydrogen-bond acceptors (Lipinski definition) is 5. The van der Waals surface area contributed by atoms with Crippen LogP contribution in [0, 0.1) is 17.0 Å². The minimum atomic E-state index is -1.02. The number of anilines is 1. The van der Waals surface area contributed by atoms with Crippen molar-refractivity contribution >= 4 is 23.4 Å². The highest BCUT2D eigenvalue weighted by atomic mass is 19.1. The molecule has 4 unspecified atom stereocenters. The van der Waals surface area contributed by atoms with Crippen molar-refractivity contribution in [2.45, 2.75) is 58.3 Å². The van der Waals surface area contributed by atoms with E-state index in [2.05, 4.69) is 16.0 Å². The SMILES string of the molecule is CNC(C)C(=O)NC(C(=O)N1CC(N)CC1C(=O)Nc1c(F)cccc1F)C(C)(C)C. The van der Waals surface area contributed by atoms with Gasteiger partial charge in [-0.3, -0.25) is 14.4 Å². The predicted molar refractivity (Wildman–Crippen MR) is 113 cm³/mol. The molecule has 1 aliphatic heterocycles. The second-order valence-electron chi connectivity index (χ2n) is 8.91. The molecule has 8 nitrogen and oxygen atoms in total. The van der Waals surface area contributed by atoms with Crippen molar-refractivity contribution in [3.05, 3.63) is 29.8 Å². The molecule has 1 fully saturated rings. The van der Waals surface area contributed by atoms with Gasteiger partial charge in [-0.1, -0.05) is 26.8 Å². The fourth-order valence-electron chi connectivity index (χ4n) is 3.40. The Labute approximate surface area is 180 Å². The molecule has 1 aromatic carbocycles. The van der Waals surface area contributed by atoms with Gasteiger partial charge in [0.05, 0.1) is 6.04 Å². The number of benzene rings is 1. The fraction of sp³-hybridized carbons (Fsp3) is 0.571. The molecule has 3 amide bonds. The van der Waals surface area contributed by atoms with Gasteiger partial charge in [-0.05, 0) is 37.9 Å². The number of likely N-dealkylation sites (tertiary alicyclic amines) is 1. The van der Waals surface area contributed by atoms with Crippen LogP contribution in [0.4, 0.5) is 14.5 Å². The number of nitrogens with one attached hydrogen (secondary N) is 3. The molecule has 0 spiro atoms. The number of nitrogens with two attached hydrogens (primary N) is 1. The highest BCUT2D eigenvalue weighted by Crippen LogP contribution is 2.27. The van der Waals surface area contributed by atoms with Crippen molar-refractivity contribution in [3.8, 4) is 0 Å². The molecule has 1 aromatic rings. The van der Waals surface area contributed by atoms with Crippen LogP contribution in [-0.2, 0) is 14.4 Å². The van der Waals surface area contributed by atoms with E-state index in [0.29, 0.717) is 0 Å². The van der Waals surface area contributed by atoms with Crippen molar-refractivity contribution in [3.63, 3.8) is 0 Å². The molecule has 0 bridgehead atoms. The number of para-hydroxylation sites is 1. The Morgan fingerprint density at radius 3 is 2.29 bits per heavy atom. The molecular weight excluding hydrogens is 408 g/mol. The first-order valence-corrected chi connectivity index (χ1v) is 10.1. The zero-order valence-corrected chi connectivity index (χ0v) is 18.5. The Morgan fingerprint density at radius 2 is 1.77 bits per heavy atom. The lowest BCUT2D eigenvalue weighted by Gasteiger charge is -2.36. The highest BCUT2D eigenvalue weighted by molar-refractivity contribution is 5.99. The van der Waals surface area contributed by atoms with Gasteiger partial charge >= 0.3 is 0 Å². The summed E-state index contributed by atoms with van der Waals surface area (Å²) in [6, 6.07) is 0.266. The maximum atomic E-state index is 14.0. The van der Waals surface area contributed by atoms with Gasteiger partial charge in [0, 0.05) is 12.6 Å². The van der Waals surface area contributed by atoms with E-state index in [0.717, 1.165) is 12.1 Å². The summed E-state index contributed by atoms with van der Waals surface area (Å²) in [6.07, 6.45) is 0.130. The molecule has 0 radical (unpaired) electrons. The number of amides is 3. The minimum Gasteiger partial charge on any atom is -0.342 e. The highest BCUT2D eigenvalue weighted by Gasteiger charge is 2.44. The van der Waals surface area contributed by atoms with E-state index >= 15 is 0 Å². The molecule has 0 saturated carbocycles. The number of hydrogen-bond donors (Lipinski definition) is 4. The van der Waals surface area contributed by atoms with Crippen LogP contribution < -0.4 is 21.7 Å². The summed E-state index contributed by atoms with van der Waals surface area (Å²) in [5.74, 6) is -3.43. The molecule has 1 aliphatic rings. The number of nitrogens with zero attached hydrogens (tertiary/aromatic N) is 1. The van der Waals surface area contributed by atoms with Crippen LogP contribution in [0.2, 0.25) is 0 Å². The third kappa shape index (κ3) is 5.76. The van der Waals surface area contributed by atoms with Gasteiger partial charge in [0.25, 0.3) is 0 Å². The lowest BCUT2D eigenvalue weighted by molar-refractivity contribution is -0.143. The van der Waals surface area contributed by atoms with Crippen LogP contribution in [0.5, 0.6) is 0 Å². The smallest absolute Gasteiger partial charge is 0.247 e. The quantitative estimate of drug-likeness (QED) is 0.527.